The fraction of sp³-hybridized carbons (Fsp3) is 0.562. The molecule has 23 heavy (non-hydrogen) atoms. The number of halogens is 1. The Morgan fingerprint density at radius 1 is 1.35 bits per heavy atom. The minimum Gasteiger partial charge on any atom is -1.00 e. The second-order valence-corrected chi connectivity index (χ2v) is 5.96. The lowest BCUT2D eigenvalue weighted by molar-refractivity contribution is -0.919. The minimum atomic E-state index is -0.354. The van der Waals surface area contributed by atoms with Gasteiger partial charge in [0.05, 0.1) is 24.6 Å². The van der Waals surface area contributed by atoms with Crippen molar-refractivity contribution in [1.29, 1.82) is 0 Å². The number of benzene rings is 1. The van der Waals surface area contributed by atoms with Crippen molar-refractivity contribution in [2.45, 2.75) is 32.7 Å². The van der Waals surface area contributed by atoms with Crippen molar-refractivity contribution >= 4 is 11.7 Å². The van der Waals surface area contributed by atoms with Gasteiger partial charge in [-0.3, -0.25) is 14.9 Å². The lowest BCUT2D eigenvalue weighted by atomic mass is 10.0. The quantitative estimate of drug-likeness (QED) is 0.190. The van der Waals surface area contributed by atoms with E-state index in [1.165, 1.54) is 6.07 Å². The molecule has 0 aromatic heterocycles. The molecule has 7 heteroatoms. The van der Waals surface area contributed by atoms with E-state index < -0.39 is 0 Å². The first-order valence-corrected chi connectivity index (χ1v) is 7.51. The van der Waals surface area contributed by atoms with E-state index in [0.29, 0.717) is 29.6 Å². The average molecular weight is 436 g/mol. The summed E-state index contributed by atoms with van der Waals surface area (Å²) in [6.45, 7) is 4.80. The summed E-state index contributed by atoms with van der Waals surface area (Å²) in [6, 6.07) is 6.70. The first-order valence-electron chi connectivity index (χ1n) is 7.51. The van der Waals surface area contributed by atoms with Crippen molar-refractivity contribution in [2.75, 3.05) is 27.2 Å². The number of quaternary nitrogens is 1. The molecule has 0 N–H and O–H groups in total. The standard InChI is InChI=1S/C16H25N2O4.HI/c1-5-8-16(19)22-12-11-18(3,4)13(2)14-9-6-7-10-15(14)17(20)21;/h6-7,9-10,13H,5,8,11-12H2,1-4H3;1H/q+1;/p-1. The van der Waals surface area contributed by atoms with Gasteiger partial charge in [0, 0.05) is 12.5 Å². The molecule has 1 atom stereocenters. The Labute approximate surface area is 154 Å². The van der Waals surface area contributed by atoms with Crippen molar-refractivity contribution in [3.8, 4) is 0 Å². The lowest BCUT2D eigenvalue weighted by Crippen LogP contribution is -3.00. The first kappa shape index (κ1) is 21.8. The Bertz CT molecular complexity index is 535. The van der Waals surface area contributed by atoms with E-state index in [4.69, 9.17) is 4.74 Å². The van der Waals surface area contributed by atoms with E-state index in [-0.39, 0.29) is 46.6 Å². The summed E-state index contributed by atoms with van der Waals surface area (Å²) in [5, 5.41) is 11.2. The number of likely N-dealkylation sites (N-methyl/N-ethyl adjacent to an activating group) is 1. The van der Waals surface area contributed by atoms with E-state index in [2.05, 4.69) is 0 Å². The summed E-state index contributed by atoms with van der Waals surface area (Å²) in [4.78, 5) is 22.2. The van der Waals surface area contributed by atoms with Gasteiger partial charge >= 0.3 is 5.97 Å². The van der Waals surface area contributed by atoms with Crippen LogP contribution in [0.4, 0.5) is 5.69 Å². The molecule has 0 aliphatic rings. The highest BCUT2D eigenvalue weighted by Crippen LogP contribution is 2.31. The number of nitro groups is 1. The average Bonchev–Trinajstić information content (AvgIpc) is 2.46. The van der Waals surface area contributed by atoms with Gasteiger partial charge in [0.25, 0.3) is 5.69 Å². The van der Waals surface area contributed by atoms with Crippen LogP contribution in [-0.2, 0) is 9.53 Å². The van der Waals surface area contributed by atoms with Crippen LogP contribution in [0.1, 0.15) is 38.3 Å². The molecule has 0 spiro atoms. The highest BCUT2D eigenvalue weighted by atomic mass is 127. The Balaban J connectivity index is 0.00000484. The van der Waals surface area contributed by atoms with Crippen molar-refractivity contribution in [2.24, 2.45) is 0 Å². The Kier molecular flexibility index (Phi) is 9.29. The molecule has 1 aromatic rings. The molecular weight excluding hydrogens is 411 g/mol. The van der Waals surface area contributed by atoms with Crippen LogP contribution < -0.4 is 24.0 Å². The summed E-state index contributed by atoms with van der Waals surface area (Å²) in [5.74, 6) is -0.194. The van der Waals surface area contributed by atoms with Gasteiger partial charge in [0.1, 0.15) is 19.2 Å². The number of hydrogen-bond donors (Lipinski definition) is 0. The van der Waals surface area contributed by atoms with E-state index >= 15 is 0 Å². The summed E-state index contributed by atoms with van der Waals surface area (Å²) in [5.41, 5.74) is 0.821. The Morgan fingerprint density at radius 3 is 2.52 bits per heavy atom. The van der Waals surface area contributed by atoms with Gasteiger partial charge in [-0.2, -0.15) is 0 Å². The first-order chi connectivity index (χ1) is 10.3. The third kappa shape index (κ3) is 6.42. The molecular formula is C16H25IN2O4. The molecule has 0 fully saturated rings. The number of carbonyl (C=O) groups is 1. The molecule has 0 radical (unpaired) electrons. The van der Waals surface area contributed by atoms with Crippen LogP contribution in [0.5, 0.6) is 0 Å². The maximum atomic E-state index is 11.4. The number of nitrogens with zero attached hydrogens (tertiary/aromatic N) is 2. The smallest absolute Gasteiger partial charge is 0.305 e. The fourth-order valence-corrected chi connectivity index (χ4v) is 2.25. The third-order valence-electron chi connectivity index (χ3n) is 4.02. The number of ether oxygens (including phenoxy) is 1. The zero-order valence-corrected chi connectivity index (χ0v) is 16.3. The predicted molar refractivity (Wildman–Crippen MR) is 84.4 cm³/mol. The van der Waals surface area contributed by atoms with Gasteiger partial charge in [0.15, 0.2) is 0 Å². The summed E-state index contributed by atoms with van der Waals surface area (Å²) >= 11 is 0. The minimum absolute atomic E-state index is 0. The van der Waals surface area contributed by atoms with Crippen LogP contribution in [-0.4, -0.2) is 42.6 Å². The second-order valence-electron chi connectivity index (χ2n) is 5.96. The molecule has 1 rings (SSSR count). The predicted octanol–water partition coefficient (Wildman–Crippen LogP) is 0.0795. The van der Waals surface area contributed by atoms with Gasteiger partial charge in [-0.25, -0.2) is 0 Å². The third-order valence-corrected chi connectivity index (χ3v) is 4.02. The number of para-hydroxylation sites is 1. The van der Waals surface area contributed by atoms with Crippen molar-refractivity contribution in [3.05, 3.63) is 39.9 Å². The summed E-state index contributed by atoms with van der Waals surface area (Å²) < 4.78 is 5.70. The van der Waals surface area contributed by atoms with Crippen molar-refractivity contribution < 1.29 is 42.9 Å². The number of nitro benzene ring substituents is 1. The Morgan fingerprint density at radius 2 is 1.96 bits per heavy atom. The van der Waals surface area contributed by atoms with E-state index in [1.807, 2.05) is 27.9 Å². The van der Waals surface area contributed by atoms with Crippen molar-refractivity contribution in [1.82, 2.24) is 0 Å². The molecule has 1 aromatic carbocycles. The van der Waals surface area contributed by atoms with Crippen LogP contribution in [0.3, 0.4) is 0 Å². The highest BCUT2D eigenvalue weighted by molar-refractivity contribution is 5.69. The lowest BCUT2D eigenvalue weighted by Gasteiger charge is -2.35. The SMILES string of the molecule is CCCC(=O)OCC[N+](C)(C)C(C)c1ccccc1[N+](=O)[O-].[I-]. The molecule has 0 amide bonds. The van der Waals surface area contributed by atoms with Gasteiger partial charge < -0.3 is 33.2 Å². The zero-order chi connectivity index (χ0) is 16.8. The van der Waals surface area contributed by atoms with Crippen molar-refractivity contribution in [3.63, 3.8) is 0 Å². The number of carbonyl (C=O) groups excluding carboxylic acids is 1. The summed E-state index contributed by atoms with van der Waals surface area (Å²) in [6.07, 6.45) is 1.19. The topological polar surface area (TPSA) is 69.4 Å². The maximum Gasteiger partial charge on any atom is 0.305 e. The highest BCUT2D eigenvalue weighted by Gasteiger charge is 2.31. The summed E-state index contributed by atoms with van der Waals surface area (Å²) in [7, 11) is 3.96. The second kappa shape index (κ2) is 9.82. The van der Waals surface area contributed by atoms with Crippen LogP contribution in [0.25, 0.3) is 0 Å². The molecule has 0 saturated heterocycles. The molecule has 0 heterocycles. The molecule has 0 aliphatic heterocycles. The molecule has 130 valence electrons. The Hall–Kier alpha value is -1.22. The van der Waals surface area contributed by atoms with Gasteiger partial charge in [0.2, 0.25) is 0 Å². The molecule has 0 bridgehead atoms. The number of rotatable bonds is 8. The zero-order valence-electron chi connectivity index (χ0n) is 14.1. The molecule has 1 unspecified atom stereocenters. The van der Waals surface area contributed by atoms with E-state index in [1.54, 1.807) is 18.2 Å². The van der Waals surface area contributed by atoms with Crippen LogP contribution in [0.15, 0.2) is 24.3 Å². The van der Waals surface area contributed by atoms with Crippen LogP contribution >= 0.6 is 0 Å². The fourth-order valence-electron chi connectivity index (χ4n) is 2.25. The van der Waals surface area contributed by atoms with Crippen LogP contribution in [0, 0.1) is 10.1 Å². The van der Waals surface area contributed by atoms with Gasteiger partial charge in [-0.15, -0.1) is 0 Å². The van der Waals surface area contributed by atoms with Gasteiger partial charge in [-0.05, 0) is 19.4 Å². The largest absolute Gasteiger partial charge is 1.00 e. The molecule has 0 aliphatic carbocycles. The van der Waals surface area contributed by atoms with Crippen LogP contribution in [0.2, 0.25) is 0 Å². The monoisotopic (exact) mass is 436 g/mol. The number of esters is 1. The normalized spacial score (nSPS) is 12.2. The number of hydrogen-bond acceptors (Lipinski definition) is 4. The van der Waals surface area contributed by atoms with E-state index in [0.717, 1.165) is 6.42 Å². The maximum absolute atomic E-state index is 11.4. The van der Waals surface area contributed by atoms with Gasteiger partial charge in [-0.1, -0.05) is 19.1 Å². The molecule has 6 nitrogen and oxygen atoms in total. The van der Waals surface area contributed by atoms with E-state index in [9.17, 15) is 14.9 Å². The molecule has 0 saturated carbocycles.